The minimum Gasteiger partial charge on any atom is -0.508 e. The highest BCUT2D eigenvalue weighted by Gasteiger charge is 2.31. The number of carbonyl (C=O) groups excluding carboxylic acids is 1. The normalized spacial score (nSPS) is 16.7. The Kier molecular flexibility index (Phi) is 3.47. The predicted octanol–water partition coefficient (Wildman–Crippen LogP) is 2.85. The molecular formula is C17H14O5. The third-order valence-electron chi connectivity index (χ3n) is 3.45. The van der Waals surface area contributed by atoms with Crippen LogP contribution in [0, 0.1) is 0 Å². The van der Waals surface area contributed by atoms with Gasteiger partial charge in [-0.2, -0.15) is 0 Å². The van der Waals surface area contributed by atoms with Crippen LogP contribution in [0.25, 0.3) is 6.08 Å². The molecule has 112 valence electrons. The van der Waals surface area contributed by atoms with Crippen LogP contribution in [-0.4, -0.2) is 27.2 Å². The molecular weight excluding hydrogens is 284 g/mol. The quantitative estimate of drug-likeness (QED) is 0.758. The van der Waals surface area contributed by atoms with Crippen molar-refractivity contribution in [3.8, 4) is 23.0 Å². The molecule has 1 atom stereocenters. The number of hydrogen-bond acceptors (Lipinski definition) is 5. The molecule has 3 N–H and O–H groups in total. The van der Waals surface area contributed by atoms with Crippen LogP contribution in [0.4, 0.5) is 0 Å². The zero-order chi connectivity index (χ0) is 15.7. The van der Waals surface area contributed by atoms with Crippen molar-refractivity contribution in [3.05, 3.63) is 53.6 Å². The molecule has 1 unspecified atom stereocenters. The maximum atomic E-state index is 12.1. The molecule has 0 saturated carbocycles. The minimum atomic E-state index is -0.612. The van der Waals surface area contributed by atoms with E-state index in [0.717, 1.165) is 0 Å². The van der Waals surface area contributed by atoms with Gasteiger partial charge in [-0.25, -0.2) is 0 Å². The number of hydrogen-bond donors (Lipinski definition) is 3. The van der Waals surface area contributed by atoms with Crippen molar-refractivity contribution in [3.63, 3.8) is 0 Å². The zero-order valence-corrected chi connectivity index (χ0v) is 11.6. The molecule has 0 fully saturated rings. The van der Waals surface area contributed by atoms with Crippen LogP contribution in [0.5, 0.6) is 23.0 Å². The van der Waals surface area contributed by atoms with Gasteiger partial charge in [0.25, 0.3) is 0 Å². The van der Waals surface area contributed by atoms with E-state index in [1.807, 2.05) is 0 Å². The van der Waals surface area contributed by atoms with Crippen molar-refractivity contribution in [2.45, 2.75) is 12.5 Å². The summed E-state index contributed by atoms with van der Waals surface area (Å²) in [6, 6.07) is 8.90. The van der Waals surface area contributed by atoms with Gasteiger partial charge in [-0.3, -0.25) is 4.79 Å². The molecule has 0 saturated heterocycles. The molecule has 0 spiro atoms. The summed E-state index contributed by atoms with van der Waals surface area (Å²) >= 11 is 0. The molecule has 5 heteroatoms. The fourth-order valence-electron chi connectivity index (χ4n) is 2.32. The standard InChI is InChI=1S/C17H14O5/c18-11-5-6-12-16(9-11)22-15(17(12)21)3-1-2-10-4-7-13(19)14(20)8-10/h1-2,4-9,15,18-20H,3H2/b2-1-. The Labute approximate surface area is 126 Å². The van der Waals surface area contributed by atoms with Crippen molar-refractivity contribution < 1.29 is 24.9 Å². The summed E-state index contributed by atoms with van der Waals surface area (Å²) in [7, 11) is 0. The maximum Gasteiger partial charge on any atom is 0.207 e. The van der Waals surface area contributed by atoms with E-state index < -0.39 is 6.10 Å². The van der Waals surface area contributed by atoms with Crippen LogP contribution in [0.3, 0.4) is 0 Å². The summed E-state index contributed by atoms with van der Waals surface area (Å²) in [5, 5.41) is 28.0. The van der Waals surface area contributed by atoms with Gasteiger partial charge in [0, 0.05) is 12.5 Å². The fourth-order valence-corrected chi connectivity index (χ4v) is 2.32. The van der Waals surface area contributed by atoms with Crippen LogP contribution in [0.1, 0.15) is 22.3 Å². The molecule has 0 amide bonds. The summed E-state index contributed by atoms with van der Waals surface area (Å²) in [6.45, 7) is 0. The molecule has 2 aromatic carbocycles. The lowest BCUT2D eigenvalue weighted by Crippen LogP contribution is -2.19. The van der Waals surface area contributed by atoms with E-state index in [-0.39, 0.29) is 23.0 Å². The molecule has 22 heavy (non-hydrogen) atoms. The third kappa shape index (κ3) is 2.61. The number of fused-ring (bicyclic) bond motifs is 1. The van der Waals surface area contributed by atoms with Gasteiger partial charge in [-0.1, -0.05) is 18.2 Å². The van der Waals surface area contributed by atoms with Crippen LogP contribution < -0.4 is 4.74 Å². The summed E-state index contributed by atoms with van der Waals surface area (Å²) < 4.78 is 5.53. The largest absolute Gasteiger partial charge is 0.508 e. The number of benzene rings is 2. The number of rotatable bonds is 3. The summed E-state index contributed by atoms with van der Waals surface area (Å²) in [4.78, 5) is 12.1. The maximum absolute atomic E-state index is 12.1. The number of ketones is 1. The second kappa shape index (κ2) is 5.44. The van der Waals surface area contributed by atoms with Crippen molar-refractivity contribution in [2.24, 2.45) is 0 Å². The third-order valence-corrected chi connectivity index (χ3v) is 3.45. The molecule has 0 radical (unpaired) electrons. The Morgan fingerprint density at radius 2 is 1.86 bits per heavy atom. The van der Waals surface area contributed by atoms with E-state index in [4.69, 9.17) is 4.74 Å². The van der Waals surface area contributed by atoms with Gasteiger partial charge in [0.15, 0.2) is 17.6 Å². The second-order valence-electron chi connectivity index (χ2n) is 5.04. The first kappa shape index (κ1) is 14.0. The van der Waals surface area contributed by atoms with Gasteiger partial charge in [0.1, 0.15) is 11.5 Å². The summed E-state index contributed by atoms with van der Waals surface area (Å²) in [5.41, 5.74) is 1.18. The molecule has 3 rings (SSSR count). The molecule has 1 heterocycles. The number of phenols is 3. The van der Waals surface area contributed by atoms with Crippen molar-refractivity contribution in [1.82, 2.24) is 0 Å². The molecule has 5 nitrogen and oxygen atoms in total. The molecule has 0 aromatic heterocycles. The van der Waals surface area contributed by atoms with E-state index in [2.05, 4.69) is 0 Å². The first-order valence-electron chi connectivity index (χ1n) is 6.77. The van der Waals surface area contributed by atoms with Crippen LogP contribution in [-0.2, 0) is 0 Å². The Morgan fingerprint density at radius 3 is 2.64 bits per heavy atom. The van der Waals surface area contributed by atoms with E-state index in [1.165, 1.54) is 24.3 Å². The first-order valence-corrected chi connectivity index (χ1v) is 6.77. The average molecular weight is 298 g/mol. The zero-order valence-electron chi connectivity index (χ0n) is 11.6. The van der Waals surface area contributed by atoms with Crippen molar-refractivity contribution in [2.75, 3.05) is 0 Å². The van der Waals surface area contributed by atoms with Crippen molar-refractivity contribution in [1.29, 1.82) is 0 Å². The van der Waals surface area contributed by atoms with Crippen LogP contribution >= 0.6 is 0 Å². The highest BCUT2D eigenvalue weighted by Crippen LogP contribution is 2.33. The smallest absolute Gasteiger partial charge is 0.207 e. The van der Waals surface area contributed by atoms with E-state index in [9.17, 15) is 20.1 Å². The van der Waals surface area contributed by atoms with E-state index in [0.29, 0.717) is 23.3 Å². The van der Waals surface area contributed by atoms with Gasteiger partial charge < -0.3 is 20.1 Å². The van der Waals surface area contributed by atoms with Gasteiger partial charge in [-0.15, -0.1) is 0 Å². The second-order valence-corrected chi connectivity index (χ2v) is 5.04. The Bertz CT molecular complexity index is 764. The van der Waals surface area contributed by atoms with E-state index >= 15 is 0 Å². The number of aromatic hydroxyl groups is 3. The minimum absolute atomic E-state index is 0.0577. The summed E-state index contributed by atoms with van der Waals surface area (Å²) in [5.74, 6) is -0.0406. The number of carbonyl (C=O) groups is 1. The highest BCUT2D eigenvalue weighted by atomic mass is 16.5. The SMILES string of the molecule is O=C1c2ccc(O)cc2OC1C/C=C\c1ccc(O)c(O)c1. The Morgan fingerprint density at radius 1 is 1.05 bits per heavy atom. The molecule has 1 aliphatic rings. The van der Waals surface area contributed by atoms with Gasteiger partial charge in [0.2, 0.25) is 5.78 Å². The summed E-state index contributed by atoms with van der Waals surface area (Å²) in [6.07, 6.45) is 3.26. The molecule has 1 aliphatic heterocycles. The highest BCUT2D eigenvalue weighted by molar-refractivity contribution is 6.04. The Balaban J connectivity index is 1.69. The van der Waals surface area contributed by atoms with Gasteiger partial charge in [-0.05, 0) is 29.8 Å². The number of ether oxygens (including phenoxy) is 1. The topological polar surface area (TPSA) is 87.0 Å². The van der Waals surface area contributed by atoms with Gasteiger partial charge >= 0.3 is 0 Å². The number of Topliss-reactive ketones (excluding diaryl/α,β-unsaturated/α-hetero) is 1. The molecule has 0 bridgehead atoms. The lowest BCUT2D eigenvalue weighted by atomic mass is 10.1. The monoisotopic (exact) mass is 298 g/mol. The predicted molar refractivity (Wildman–Crippen MR) is 80.3 cm³/mol. The average Bonchev–Trinajstić information content (AvgIpc) is 2.79. The van der Waals surface area contributed by atoms with Gasteiger partial charge in [0.05, 0.1) is 5.56 Å². The van der Waals surface area contributed by atoms with Crippen LogP contribution in [0.2, 0.25) is 0 Å². The lowest BCUT2D eigenvalue weighted by molar-refractivity contribution is 0.0861. The molecule has 2 aromatic rings. The Hall–Kier alpha value is -2.95. The fraction of sp³-hybridized carbons (Fsp3) is 0.118. The van der Waals surface area contributed by atoms with E-state index in [1.54, 1.807) is 24.3 Å². The lowest BCUT2D eigenvalue weighted by Gasteiger charge is -2.06. The first-order chi connectivity index (χ1) is 10.5. The number of phenolic OH excluding ortho intramolecular Hbond substituents is 3. The van der Waals surface area contributed by atoms with Crippen molar-refractivity contribution >= 4 is 11.9 Å². The van der Waals surface area contributed by atoms with Crippen LogP contribution in [0.15, 0.2) is 42.5 Å². The molecule has 0 aliphatic carbocycles.